The van der Waals surface area contributed by atoms with Gasteiger partial charge in [0.2, 0.25) is 0 Å². The number of piperazine rings is 1. The fourth-order valence-corrected chi connectivity index (χ4v) is 4.05. The SMILES string of the molecule is CC[C@H](C)c1ccccc1NC(=O)[C@@H](C)[NH+]1CCN(c2ccccc2OC)CC1. The second-order valence-corrected chi connectivity index (χ2v) is 7.92. The van der Waals surface area contributed by atoms with Crippen molar-refractivity contribution in [3.63, 3.8) is 0 Å². The molecule has 1 aliphatic rings. The molecule has 2 aromatic rings. The Morgan fingerprint density at radius 1 is 1.10 bits per heavy atom. The zero-order valence-corrected chi connectivity index (χ0v) is 18.1. The van der Waals surface area contributed by atoms with Crippen molar-refractivity contribution in [3.8, 4) is 5.75 Å². The van der Waals surface area contributed by atoms with Crippen LogP contribution in [-0.4, -0.2) is 45.2 Å². The van der Waals surface area contributed by atoms with E-state index < -0.39 is 0 Å². The van der Waals surface area contributed by atoms with E-state index in [4.69, 9.17) is 4.74 Å². The van der Waals surface area contributed by atoms with Gasteiger partial charge in [0.15, 0.2) is 6.04 Å². The maximum absolute atomic E-state index is 13.0. The van der Waals surface area contributed by atoms with E-state index in [0.717, 1.165) is 49.7 Å². The Balaban J connectivity index is 1.61. The molecular formula is C24H34N3O2+. The lowest BCUT2D eigenvalue weighted by Gasteiger charge is -2.36. The molecule has 0 saturated carbocycles. The number of para-hydroxylation sites is 3. The van der Waals surface area contributed by atoms with Crippen LogP contribution in [0.2, 0.25) is 0 Å². The van der Waals surface area contributed by atoms with Gasteiger partial charge >= 0.3 is 0 Å². The minimum absolute atomic E-state index is 0.0835. The smallest absolute Gasteiger partial charge is 0.282 e. The maximum Gasteiger partial charge on any atom is 0.282 e. The third-order valence-corrected chi connectivity index (χ3v) is 6.20. The average Bonchev–Trinajstić information content (AvgIpc) is 2.78. The summed E-state index contributed by atoms with van der Waals surface area (Å²) in [6.45, 7) is 10.1. The number of rotatable bonds is 7. The molecule has 1 aliphatic heterocycles. The van der Waals surface area contributed by atoms with Crippen LogP contribution >= 0.6 is 0 Å². The molecule has 29 heavy (non-hydrogen) atoms. The summed E-state index contributed by atoms with van der Waals surface area (Å²) in [4.78, 5) is 16.6. The third-order valence-electron chi connectivity index (χ3n) is 6.20. The molecule has 2 atom stereocenters. The van der Waals surface area contributed by atoms with E-state index in [1.165, 1.54) is 10.5 Å². The van der Waals surface area contributed by atoms with Crippen molar-refractivity contribution in [1.82, 2.24) is 0 Å². The van der Waals surface area contributed by atoms with Gasteiger partial charge in [0.05, 0.1) is 39.0 Å². The van der Waals surface area contributed by atoms with Gasteiger partial charge in [-0.15, -0.1) is 0 Å². The first-order valence-electron chi connectivity index (χ1n) is 10.7. The Bertz CT molecular complexity index is 815. The van der Waals surface area contributed by atoms with Gasteiger partial charge in [0.25, 0.3) is 5.91 Å². The monoisotopic (exact) mass is 396 g/mol. The molecule has 5 heteroatoms. The first-order chi connectivity index (χ1) is 14.0. The van der Waals surface area contributed by atoms with Crippen LogP contribution in [0, 0.1) is 0 Å². The summed E-state index contributed by atoms with van der Waals surface area (Å²) < 4.78 is 5.50. The number of hydrogen-bond acceptors (Lipinski definition) is 3. The Kier molecular flexibility index (Phi) is 7.15. The number of carbonyl (C=O) groups is 1. The number of amides is 1. The van der Waals surface area contributed by atoms with Crippen molar-refractivity contribution in [2.24, 2.45) is 0 Å². The summed E-state index contributed by atoms with van der Waals surface area (Å²) in [5.74, 6) is 1.43. The first-order valence-corrected chi connectivity index (χ1v) is 10.7. The molecule has 5 nitrogen and oxygen atoms in total. The number of quaternary nitrogens is 1. The number of nitrogens with zero attached hydrogens (tertiary/aromatic N) is 1. The van der Waals surface area contributed by atoms with Crippen LogP contribution in [0.5, 0.6) is 5.75 Å². The first kappa shape index (κ1) is 21.2. The van der Waals surface area contributed by atoms with Crippen molar-refractivity contribution in [2.75, 3.05) is 43.5 Å². The van der Waals surface area contributed by atoms with E-state index in [-0.39, 0.29) is 11.9 Å². The Morgan fingerprint density at radius 3 is 2.45 bits per heavy atom. The molecule has 2 N–H and O–H groups in total. The molecule has 0 aliphatic carbocycles. The van der Waals surface area contributed by atoms with E-state index in [1.54, 1.807) is 7.11 Å². The molecule has 0 aromatic heterocycles. The summed E-state index contributed by atoms with van der Waals surface area (Å²) in [5.41, 5.74) is 3.30. The molecule has 3 rings (SSSR count). The molecule has 1 heterocycles. The van der Waals surface area contributed by atoms with Crippen molar-refractivity contribution < 1.29 is 14.4 Å². The summed E-state index contributed by atoms with van der Waals surface area (Å²) in [7, 11) is 1.71. The molecular weight excluding hydrogens is 362 g/mol. The van der Waals surface area contributed by atoms with Crippen LogP contribution in [0.25, 0.3) is 0 Å². The molecule has 1 amide bonds. The van der Waals surface area contributed by atoms with E-state index >= 15 is 0 Å². The Labute approximate surface area is 174 Å². The lowest BCUT2D eigenvalue weighted by Crippen LogP contribution is -3.19. The van der Waals surface area contributed by atoms with Gasteiger partial charge in [-0.25, -0.2) is 0 Å². The number of ether oxygens (including phenoxy) is 1. The minimum Gasteiger partial charge on any atom is -0.495 e. The van der Waals surface area contributed by atoms with Gasteiger partial charge in [0, 0.05) is 5.69 Å². The standard InChI is InChI=1S/C24H33N3O2/c1-5-18(2)20-10-6-7-11-21(20)25-24(28)19(3)26-14-16-27(17-15-26)22-12-8-9-13-23(22)29-4/h6-13,18-19H,5,14-17H2,1-4H3,(H,25,28)/p+1/t18-,19+/m0/s1. The number of anilines is 2. The summed E-state index contributed by atoms with van der Waals surface area (Å²) >= 11 is 0. The van der Waals surface area contributed by atoms with Gasteiger partial charge in [0.1, 0.15) is 5.75 Å². The zero-order valence-electron chi connectivity index (χ0n) is 18.1. The lowest BCUT2D eigenvalue weighted by atomic mass is 9.97. The molecule has 0 bridgehead atoms. The largest absolute Gasteiger partial charge is 0.495 e. The minimum atomic E-state index is -0.0835. The van der Waals surface area contributed by atoms with Crippen molar-refractivity contribution >= 4 is 17.3 Å². The second kappa shape index (κ2) is 9.79. The maximum atomic E-state index is 13.0. The van der Waals surface area contributed by atoms with Crippen molar-refractivity contribution in [1.29, 1.82) is 0 Å². The Morgan fingerprint density at radius 2 is 1.76 bits per heavy atom. The van der Waals surface area contributed by atoms with E-state index in [2.05, 4.69) is 36.2 Å². The highest BCUT2D eigenvalue weighted by Crippen LogP contribution is 2.28. The number of hydrogen-bond donors (Lipinski definition) is 2. The predicted molar refractivity (Wildman–Crippen MR) is 119 cm³/mol. The van der Waals surface area contributed by atoms with E-state index in [9.17, 15) is 4.79 Å². The van der Waals surface area contributed by atoms with Gasteiger partial charge in [-0.05, 0) is 43.0 Å². The van der Waals surface area contributed by atoms with E-state index in [1.807, 2.05) is 43.3 Å². The summed E-state index contributed by atoms with van der Waals surface area (Å²) in [6, 6.07) is 16.2. The highest BCUT2D eigenvalue weighted by Gasteiger charge is 2.30. The zero-order chi connectivity index (χ0) is 20.8. The number of benzene rings is 2. The summed E-state index contributed by atoms with van der Waals surface area (Å²) in [5, 5.41) is 3.19. The van der Waals surface area contributed by atoms with Gasteiger partial charge in [-0.2, -0.15) is 0 Å². The summed E-state index contributed by atoms with van der Waals surface area (Å²) in [6.07, 6.45) is 1.05. The normalized spacial score (nSPS) is 16.9. The number of methoxy groups -OCH3 is 1. The molecule has 2 aromatic carbocycles. The quantitative estimate of drug-likeness (QED) is 0.756. The third kappa shape index (κ3) is 4.91. The van der Waals surface area contributed by atoms with Crippen molar-refractivity contribution in [2.45, 2.75) is 39.2 Å². The highest BCUT2D eigenvalue weighted by atomic mass is 16.5. The van der Waals surface area contributed by atoms with Gasteiger partial charge in [-0.1, -0.05) is 44.2 Å². The van der Waals surface area contributed by atoms with Crippen LogP contribution in [0.15, 0.2) is 48.5 Å². The number of nitrogens with one attached hydrogen (secondary N) is 2. The van der Waals surface area contributed by atoms with Gasteiger partial charge in [-0.3, -0.25) is 4.79 Å². The predicted octanol–water partition coefficient (Wildman–Crippen LogP) is 2.94. The van der Waals surface area contributed by atoms with Crippen LogP contribution in [0.3, 0.4) is 0 Å². The fraction of sp³-hybridized carbons (Fsp3) is 0.458. The second-order valence-electron chi connectivity index (χ2n) is 7.92. The molecule has 156 valence electrons. The molecule has 1 saturated heterocycles. The molecule has 0 radical (unpaired) electrons. The molecule has 0 spiro atoms. The topological polar surface area (TPSA) is 46.0 Å². The number of carbonyl (C=O) groups excluding carboxylic acids is 1. The van der Waals surface area contributed by atoms with Crippen LogP contribution < -0.4 is 19.9 Å². The highest BCUT2D eigenvalue weighted by molar-refractivity contribution is 5.94. The Hall–Kier alpha value is -2.53. The molecule has 0 unspecified atom stereocenters. The average molecular weight is 397 g/mol. The van der Waals surface area contributed by atoms with Crippen LogP contribution in [0.1, 0.15) is 38.7 Å². The lowest BCUT2D eigenvalue weighted by molar-refractivity contribution is -0.914. The van der Waals surface area contributed by atoms with Gasteiger partial charge < -0.3 is 19.9 Å². The van der Waals surface area contributed by atoms with E-state index in [0.29, 0.717) is 5.92 Å². The van der Waals surface area contributed by atoms with Crippen LogP contribution in [-0.2, 0) is 4.79 Å². The molecule has 1 fully saturated rings. The fourth-order valence-electron chi connectivity index (χ4n) is 4.05. The van der Waals surface area contributed by atoms with Crippen molar-refractivity contribution in [3.05, 3.63) is 54.1 Å². The van der Waals surface area contributed by atoms with Crippen LogP contribution in [0.4, 0.5) is 11.4 Å².